The average Bonchev–Trinajstić information content (AvgIpc) is 2.71. The van der Waals surface area contributed by atoms with E-state index in [1.807, 2.05) is 0 Å². The van der Waals surface area contributed by atoms with E-state index in [1.165, 1.54) is 35.2 Å². The molecule has 10 heteroatoms. The van der Waals surface area contributed by atoms with Gasteiger partial charge in [-0.3, -0.25) is 9.52 Å². The van der Waals surface area contributed by atoms with E-state index in [1.54, 1.807) is 14.1 Å². The maximum atomic E-state index is 12.8. The van der Waals surface area contributed by atoms with Crippen LogP contribution in [-0.2, 0) is 19.5 Å². The number of sulfonamides is 1. The van der Waals surface area contributed by atoms with Crippen molar-refractivity contribution in [1.82, 2.24) is 4.90 Å². The number of nitrogens with zero attached hydrogens (tertiary/aromatic N) is 1. The minimum absolute atomic E-state index is 0.122. The van der Waals surface area contributed by atoms with Crippen molar-refractivity contribution in [2.75, 3.05) is 33.0 Å². The van der Waals surface area contributed by atoms with Crippen LogP contribution in [0, 0.1) is 0 Å². The molecule has 0 radical (unpaired) electrons. The first kappa shape index (κ1) is 21.9. The largest absolute Gasteiger partial charge is 0.465 e. The van der Waals surface area contributed by atoms with E-state index in [0.717, 1.165) is 26.4 Å². The first-order chi connectivity index (χ1) is 13.6. The number of nitrogens with one attached hydrogen (secondary N) is 1. The van der Waals surface area contributed by atoms with Gasteiger partial charge in [0.05, 0.1) is 30.2 Å². The molecule has 9 nitrogen and oxygen atoms in total. The zero-order valence-corrected chi connectivity index (χ0v) is 17.1. The lowest BCUT2D eigenvalue weighted by Gasteiger charge is -2.12. The topological polar surface area (TPSA) is 119 Å². The summed E-state index contributed by atoms with van der Waals surface area (Å²) in [5, 5.41) is 0. The summed E-state index contributed by atoms with van der Waals surface area (Å²) >= 11 is 0. The van der Waals surface area contributed by atoms with Crippen LogP contribution in [0.5, 0.6) is 0 Å². The Hall–Kier alpha value is -3.40. The van der Waals surface area contributed by atoms with Gasteiger partial charge in [-0.15, -0.1) is 0 Å². The van der Waals surface area contributed by atoms with Crippen molar-refractivity contribution in [2.24, 2.45) is 0 Å². The van der Waals surface area contributed by atoms with Gasteiger partial charge in [-0.1, -0.05) is 0 Å². The first-order valence-electron chi connectivity index (χ1n) is 8.25. The first-order valence-corrected chi connectivity index (χ1v) is 9.73. The van der Waals surface area contributed by atoms with Crippen LogP contribution in [0.1, 0.15) is 31.1 Å². The summed E-state index contributed by atoms with van der Waals surface area (Å²) in [4.78, 5) is 36.7. The predicted molar refractivity (Wildman–Crippen MR) is 104 cm³/mol. The smallest absolute Gasteiger partial charge is 0.337 e. The number of anilines is 1. The molecule has 2 aromatic rings. The molecule has 0 atom stereocenters. The molecule has 0 bridgehead atoms. The fourth-order valence-corrected chi connectivity index (χ4v) is 3.51. The number of esters is 2. The van der Waals surface area contributed by atoms with Gasteiger partial charge in [-0.05, 0) is 42.5 Å². The van der Waals surface area contributed by atoms with Gasteiger partial charge in [0.25, 0.3) is 15.9 Å². The molecule has 29 heavy (non-hydrogen) atoms. The lowest BCUT2D eigenvalue weighted by molar-refractivity contribution is 0.0598. The van der Waals surface area contributed by atoms with Crippen LogP contribution in [0.3, 0.4) is 0 Å². The van der Waals surface area contributed by atoms with Crippen LogP contribution in [0.2, 0.25) is 0 Å². The quantitative estimate of drug-likeness (QED) is 0.707. The number of ether oxygens (including phenoxy) is 2. The molecule has 0 spiro atoms. The number of rotatable bonds is 6. The number of carbonyl (C=O) groups excluding carboxylic acids is 3. The molecule has 1 N–H and O–H groups in total. The zero-order valence-electron chi connectivity index (χ0n) is 16.3. The highest BCUT2D eigenvalue weighted by Crippen LogP contribution is 2.21. The maximum absolute atomic E-state index is 12.8. The van der Waals surface area contributed by atoms with E-state index in [-0.39, 0.29) is 27.6 Å². The van der Waals surface area contributed by atoms with E-state index < -0.39 is 22.0 Å². The van der Waals surface area contributed by atoms with Crippen LogP contribution in [-0.4, -0.2) is 59.5 Å². The molecule has 0 saturated carbocycles. The normalized spacial score (nSPS) is 10.8. The summed E-state index contributed by atoms with van der Waals surface area (Å²) in [5.74, 6) is -1.84. The Bertz CT molecular complexity index is 1010. The van der Waals surface area contributed by atoms with Crippen molar-refractivity contribution in [1.29, 1.82) is 0 Å². The standard InChI is InChI=1S/C19H20N2O7S/c1-21(2)17(22)12-5-7-15(8-6-12)20-29(25,26)16-10-13(18(23)27-3)9-14(11-16)19(24)28-4/h5-11,20H,1-4H3. The predicted octanol–water partition coefficient (Wildman–Crippen LogP) is 1.76. The summed E-state index contributed by atoms with van der Waals surface area (Å²) in [5.41, 5.74) is 0.340. The van der Waals surface area contributed by atoms with Crippen molar-refractivity contribution in [3.63, 3.8) is 0 Å². The summed E-state index contributed by atoms with van der Waals surface area (Å²) in [6, 6.07) is 9.17. The maximum Gasteiger partial charge on any atom is 0.337 e. The minimum atomic E-state index is -4.15. The highest BCUT2D eigenvalue weighted by atomic mass is 32.2. The minimum Gasteiger partial charge on any atom is -0.465 e. The van der Waals surface area contributed by atoms with Gasteiger partial charge >= 0.3 is 11.9 Å². The van der Waals surface area contributed by atoms with Gasteiger partial charge in [0.15, 0.2) is 0 Å². The van der Waals surface area contributed by atoms with Crippen LogP contribution >= 0.6 is 0 Å². The molecular weight excluding hydrogens is 400 g/mol. The number of hydrogen-bond acceptors (Lipinski definition) is 7. The molecule has 0 unspecified atom stereocenters. The Morgan fingerprint density at radius 2 is 1.31 bits per heavy atom. The summed E-state index contributed by atoms with van der Waals surface area (Å²) in [6.45, 7) is 0. The Morgan fingerprint density at radius 3 is 1.72 bits per heavy atom. The molecule has 0 aromatic heterocycles. The van der Waals surface area contributed by atoms with E-state index in [0.29, 0.717) is 5.56 Å². The lowest BCUT2D eigenvalue weighted by atomic mass is 10.1. The average molecular weight is 420 g/mol. The number of benzene rings is 2. The number of methoxy groups -OCH3 is 2. The van der Waals surface area contributed by atoms with Crippen molar-refractivity contribution in [3.05, 3.63) is 59.2 Å². The molecule has 2 rings (SSSR count). The monoisotopic (exact) mass is 420 g/mol. The van der Waals surface area contributed by atoms with E-state index in [2.05, 4.69) is 14.2 Å². The second-order valence-electron chi connectivity index (χ2n) is 6.11. The van der Waals surface area contributed by atoms with Gasteiger partial charge < -0.3 is 14.4 Å². The zero-order chi connectivity index (χ0) is 21.8. The van der Waals surface area contributed by atoms with E-state index in [4.69, 9.17) is 0 Å². The van der Waals surface area contributed by atoms with Crippen molar-refractivity contribution in [3.8, 4) is 0 Å². The summed E-state index contributed by atoms with van der Waals surface area (Å²) in [7, 11) is 1.32. The second-order valence-corrected chi connectivity index (χ2v) is 7.79. The van der Waals surface area contributed by atoms with Crippen molar-refractivity contribution in [2.45, 2.75) is 4.90 Å². The number of hydrogen-bond donors (Lipinski definition) is 1. The molecule has 0 heterocycles. The van der Waals surface area contributed by atoms with Crippen molar-refractivity contribution >= 4 is 33.6 Å². The molecule has 2 aromatic carbocycles. The van der Waals surface area contributed by atoms with Gasteiger partial charge in [0, 0.05) is 25.3 Å². The van der Waals surface area contributed by atoms with Gasteiger partial charge in [0.2, 0.25) is 0 Å². The molecule has 1 amide bonds. The Balaban J connectivity index is 2.40. The molecule has 0 saturated heterocycles. The third kappa shape index (κ3) is 5.11. The highest BCUT2D eigenvalue weighted by molar-refractivity contribution is 7.92. The molecular formula is C19H20N2O7S. The Morgan fingerprint density at radius 1 is 0.828 bits per heavy atom. The molecule has 0 fully saturated rings. The third-order valence-electron chi connectivity index (χ3n) is 3.85. The summed E-state index contributed by atoms with van der Waals surface area (Å²) in [6.07, 6.45) is 0. The fraction of sp³-hybridized carbons (Fsp3) is 0.211. The summed E-state index contributed by atoms with van der Waals surface area (Å²) < 4.78 is 37.1. The second kappa shape index (κ2) is 8.74. The molecule has 154 valence electrons. The third-order valence-corrected chi connectivity index (χ3v) is 5.21. The number of carbonyl (C=O) groups is 3. The van der Waals surface area contributed by atoms with Crippen LogP contribution in [0.25, 0.3) is 0 Å². The van der Waals surface area contributed by atoms with Gasteiger partial charge in [0.1, 0.15) is 0 Å². The van der Waals surface area contributed by atoms with Crippen LogP contribution < -0.4 is 4.72 Å². The van der Waals surface area contributed by atoms with Gasteiger partial charge in [-0.25, -0.2) is 18.0 Å². The SMILES string of the molecule is COC(=O)c1cc(C(=O)OC)cc(S(=O)(=O)Nc2ccc(C(=O)N(C)C)cc2)c1. The molecule has 0 aliphatic carbocycles. The Labute approximate surface area is 168 Å². The Kier molecular flexibility index (Phi) is 6.60. The fourth-order valence-electron chi connectivity index (χ4n) is 2.38. The lowest BCUT2D eigenvalue weighted by Crippen LogP contribution is -2.21. The van der Waals surface area contributed by atoms with Crippen molar-refractivity contribution < 1.29 is 32.3 Å². The molecule has 0 aliphatic heterocycles. The highest BCUT2D eigenvalue weighted by Gasteiger charge is 2.21. The van der Waals surface area contributed by atoms with Gasteiger partial charge in [-0.2, -0.15) is 0 Å². The van der Waals surface area contributed by atoms with Crippen LogP contribution in [0.4, 0.5) is 5.69 Å². The molecule has 0 aliphatic rings. The van der Waals surface area contributed by atoms with E-state index in [9.17, 15) is 22.8 Å². The van der Waals surface area contributed by atoms with E-state index >= 15 is 0 Å². The van der Waals surface area contributed by atoms with Crippen LogP contribution in [0.15, 0.2) is 47.4 Å². The number of amides is 1.